The standard InChI is InChI=1S/C15H21BrN4S/c1-10(2)8-17-9-12-7-13(16)5-6-14(12)21-15-19-18-11(3)20(15)4/h5-7,10,17H,8-9H2,1-4H3. The molecular weight excluding hydrogens is 348 g/mol. The van der Waals surface area contributed by atoms with E-state index >= 15 is 0 Å². The highest BCUT2D eigenvalue weighted by Gasteiger charge is 2.11. The number of rotatable bonds is 6. The molecule has 2 rings (SSSR count). The third-order valence-corrected chi connectivity index (χ3v) is 4.79. The lowest BCUT2D eigenvalue weighted by atomic mass is 10.2. The average Bonchev–Trinajstić information content (AvgIpc) is 2.73. The molecule has 1 aromatic heterocycles. The maximum Gasteiger partial charge on any atom is 0.195 e. The molecule has 114 valence electrons. The monoisotopic (exact) mass is 368 g/mol. The normalized spacial score (nSPS) is 11.3. The minimum atomic E-state index is 0.648. The van der Waals surface area contributed by atoms with Crippen LogP contribution in [0.3, 0.4) is 0 Å². The van der Waals surface area contributed by atoms with Gasteiger partial charge >= 0.3 is 0 Å². The van der Waals surface area contributed by atoms with Crippen molar-refractivity contribution in [2.45, 2.75) is 37.4 Å². The van der Waals surface area contributed by atoms with E-state index in [1.165, 1.54) is 10.5 Å². The molecule has 0 atom stereocenters. The first kappa shape index (κ1) is 16.5. The quantitative estimate of drug-likeness (QED) is 0.842. The highest BCUT2D eigenvalue weighted by Crippen LogP contribution is 2.31. The van der Waals surface area contributed by atoms with Gasteiger partial charge in [0.25, 0.3) is 0 Å². The Hall–Kier alpha value is -0.850. The fourth-order valence-electron chi connectivity index (χ4n) is 1.86. The largest absolute Gasteiger partial charge is 0.312 e. The van der Waals surface area contributed by atoms with Crippen molar-refractivity contribution in [1.29, 1.82) is 0 Å². The molecule has 2 aromatic rings. The Labute approximate surface area is 138 Å². The van der Waals surface area contributed by atoms with Gasteiger partial charge in [0.2, 0.25) is 0 Å². The Morgan fingerprint density at radius 1 is 1.33 bits per heavy atom. The third-order valence-electron chi connectivity index (χ3n) is 3.14. The highest BCUT2D eigenvalue weighted by atomic mass is 79.9. The number of nitrogens with zero attached hydrogens (tertiary/aromatic N) is 3. The van der Waals surface area contributed by atoms with Crippen LogP contribution in [-0.2, 0) is 13.6 Å². The predicted molar refractivity (Wildman–Crippen MR) is 90.5 cm³/mol. The van der Waals surface area contributed by atoms with Gasteiger partial charge in [-0.25, -0.2) is 0 Å². The van der Waals surface area contributed by atoms with E-state index in [2.05, 4.69) is 63.5 Å². The molecule has 0 aliphatic carbocycles. The second kappa shape index (κ2) is 7.42. The van der Waals surface area contributed by atoms with Crippen LogP contribution >= 0.6 is 27.7 Å². The summed E-state index contributed by atoms with van der Waals surface area (Å²) in [6, 6.07) is 6.36. The van der Waals surface area contributed by atoms with E-state index in [4.69, 9.17) is 0 Å². The summed E-state index contributed by atoms with van der Waals surface area (Å²) < 4.78 is 3.11. The summed E-state index contributed by atoms with van der Waals surface area (Å²) in [6.45, 7) is 8.26. The number of hydrogen-bond acceptors (Lipinski definition) is 4. The molecule has 0 spiro atoms. The molecular formula is C15H21BrN4S. The molecule has 0 aliphatic rings. The van der Waals surface area contributed by atoms with E-state index in [1.807, 2.05) is 18.5 Å². The van der Waals surface area contributed by atoms with Crippen molar-refractivity contribution in [3.05, 3.63) is 34.1 Å². The highest BCUT2D eigenvalue weighted by molar-refractivity contribution is 9.10. The van der Waals surface area contributed by atoms with Crippen LogP contribution in [0.5, 0.6) is 0 Å². The Morgan fingerprint density at radius 2 is 2.10 bits per heavy atom. The molecule has 6 heteroatoms. The third kappa shape index (κ3) is 4.56. The lowest BCUT2D eigenvalue weighted by Gasteiger charge is -2.12. The van der Waals surface area contributed by atoms with Gasteiger partial charge in [-0.1, -0.05) is 29.8 Å². The van der Waals surface area contributed by atoms with Gasteiger partial charge < -0.3 is 9.88 Å². The van der Waals surface area contributed by atoms with E-state index < -0.39 is 0 Å². The smallest absolute Gasteiger partial charge is 0.195 e. The Kier molecular flexibility index (Phi) is 5.84. The van der Waals surface area contributed by atoms with Crippen molar-refractivity contribution in [2.75, 3.05) is 6.54 Å². The van der Waals surface area contributed by atoms with Gasteiger partial charge in [-0.15, -0.1) is 10.2 Å². The van der Waals surface area contributed by atoms with Gasteiger partial charge in [-0.3, -0.25) is 0 Å². The van der Waals surface area contributed by atoms with Crippen LogP contribution in [0.1, 0.15) is 25.2 Å². The molecule has 0 saturated carbocycles. The maximum absolute atomic E-state index is 4.23. The summed E-state index contributed by atoms with van der Waals surface area (Å²) in [5.74, 6) is 1.57. The molecule has 1 heterocycles. The first-order valence-electron chi connectivity index (χ1n) is 7.00. The van der Waals surface area contributed by atoms with Crippen LogP contribution in [0.25, 0.3) is 0 Å². The van der Waals surface area contributed by atoms with Crippen molar-refractivity contribution in [3.8, 4) is 0 Å². The van der Waals surface area contributed by atoms with Crippen molar-refractivity contribution in [2.24, 2.45) is 13.0 Å². The van der Waals surface area contributed by atoms with Crippen LogP contribution in [0.2, 0.25) is 0 Å². The summed E-state index contributed by atoms with van der Waals surface area (Å²) in [6.07, 6.45) is 0. The first-order chi connectivity index (χ1) is 9.97. The summed E-state index contributed by atoms with van der Waals surface area (Å²) in [5.41, 5.74) is 1.27. The molecule has 1 aromatic carbocycles. The second-order valence-corrected chi connectivity index (χ2v) is 7.39. The van der Waals surface area contributed by atoms with Crippen molar-refractivity contribution in [3.63, 3.8) is 0 Å². The number of aryl methyl sites for hydroxylation is 1. The van der Waals surface area contributed by atoms with Crippen molar-refractivity contribution in [1.82, 2.24) is 20.1 Å². The number of nitrogens with one attached hydrogen (secondary N) is 1. The molecule has 0 saturated heterocycles. The summed E-state index contributed by atoms with van der Waals surface area (Å²) in [7, 11) is 1.99. The van der Waals surface area contributed by atoms with Crippen LogP contribution in [0, 0.1) is 12.8 Å². The van der Waals surface area contributed by atoms with Crippen LogP contribution in [0.4, 0.5) is 0 Å². The Morgan fingerprint density at radius 3 is 2.71 bits per heavy atom. The van der Waals surface area contributed by atoms with E-state index in [9.17, 15) is 0 Å². The Balaban J connectivity index is 2.16. The van der Waals surface area contributed by atoms with Gasteiger partial charge in [0.1, 0.15) is 5.82 Å². The van der Waals surface area contributed by atoms with E-state index in [0.29, 0.717) is 5.92 Å². The number of hydrogen-bond donors (Lipinski definition) is 1. The van der Waals surface area contributed by atoms with Crippen LogP contribution in [0.15, 0.2) is 32.7 Å². The maximum atomic E-state index is 4.23. The SMILES string of the molecule is Cc1nnc(Sc2ccc(Br)cc2CNCC(C)C)n1C. The topological polar surface area (TPSA) is 42.7 Å². The summed E-state index contributed by atoms with van der Waals surface area (Å²) in [4.78, 5) is 1.21. The molecule has 0 amide bonds. The lowest BCUT2D eigenvalue weighted by Crippen LogP contribution is -2.19. The summed E-state index contributed by atoms with van der Waals surface area (Å²) in [5, 5.41) is 12.8. The van der Waals surface area contributed by atoms with Crippen molar-refractivity contribution < 1.29 is 0 Å². The fourth-order valence-corrected chi connectivity index (χ4v) is 3.21. The molecule has 0 unspecified atom stereocenters. The molecule has 0 aliphatic heterocycles. The van der Waals surface area contributed by atoms with Gasteiger partial charge in [0.15, 0.2) is 5.16 Å². The number of benzene rings is 1. The van der Waals surface area contributed by atoms with Crippen LogP contribution in [-0.4, -0.2) is 21.3 Å². The van der Waals surface area contributed by atoms with Crippen LogP contribution < -0.4 is 5.32 Å². The first-order valence-corrected chi connectivity index (χ1v) is 8.61. The van der Waals surface area contributed by atoms with E-state index in [0.717, 1.165) is 28.5 Å². The molecule has 0 radical (unpaired) electrons. The zero-order valence-corrected chi connectivity index (χ0v) is 15.3. The molecule has 4 nitrogen and oxygen atoms in total. The molecule has 1 N–H and O–H groups in total. The van der Waals surface area contributed by atoms with Gasteiger partial charge in [0.05, 0.1) is 0 Å². The minimum Gasteiger partial charge on any atom is -0.312 e. The Bertz CT molecular complexity index is 610. The minimum absolute atomic E-state index is 0.648. The molecule has 21 heavy (non-hydrogen) atoms. The lowest BCUT2D eigenvalue weighted by molar-refractivity contribution is 0.550. The fraction of sp³-hybridized carbons (Fsp3) is 0.467. The number of aromatic nitrogens is 3. The predicted octanol–water partition coefficient (Wildman–Crippen LogP) is 3.78. The second-order valence-electron chi connectivity index (χ2n) is 5.47. The zero-order chi connectivity index (χ0) is 15.4. The number of halogens is 1. The van der Waals surface area contributed by atoms with Gasteiger partial charge in [-0.05, 0) is 54.9 Å². The molecule has 0 bridgehead atoms. The van der Waals surface area contributed by atoms with Crippen molar-refractivity contribution >= 4 is 27.7 Å². The van der Waals surface area contributed by atoms with E-state index in [1.54, 1.807) is 11.8 Å². The molecule has 0 fully saturated rings. The summed E-state index contributed by atoms with van der Waals surface area (Å²) >= 11 is 5.21. The van der Waals surface area contributed by atoms with E-state index in [-0.39, 0.29) is 0 Å². The van der Waals surface area contributed by atoms with Gasteiger partial charge in [-0.2, -0.15) is 0 Å². The van der Waals surface area contributed by atoms with Gasteiger partial charge in [0, 0.05) is 23.0 Å². The zero-order valence-electron chi connectivity index (χ0n) is 12.9. The average molecular weight is 369 g/mol.